The Morgan fingerprint density at radius 2 is 2.14 bits per heavy atom. The summed E-state index contributed by atoms with van der Waals surface area (Å²) in [5, 5.41) is 3.20. The molecule has 1 atom stereocenters. The molecule has 0 saturated carbocycles. The molecule has 1 fully saturated rings. The molecule has 1 aliphatic heterocycles. The van der Waals surface area contributed by atoms with Crippen molar-refractivity contribution in [3.05, 3.63) is 28.7 Å². The topological polar surface area (TPSA) is 78.3 Å². The van der Waals surface area contributed by atoms with Crippen molar-refractivity contribution in [1.82, 2.24) is 9.88 Å². The molecule has 1 aromatic carbocycles. The molecule has 0 spiro atoms. The number of rotatable bonds is 3. The van der Waals surface area contributed by atoms with E-state index in [4.69, 9.17) is 4.42 Å². The van der Waals surface area contributed by atoms with Gasteiger partial charge in [-0.3, -0.25) is 9.78 Å². The van der Waals surface area contributed by atoms with Crippen LogP contribution in [-0.2, 0) is 4.79 Å². The maximum Gasteiger partial charge on any atom is 0.417 e. The highest BCUT2D eigenvalue weighted by Crippen LogP contribution is 2.19. The Bertz CT molecular complexity index is 726. The molecule has 0 radical (unpaired) electrons. The van der Waals surface area contributed by atoms with Crippen molar-refractivity contribution in [3.63, 3.8) is 0 Å². The Morgan fingerprint density at radius 3 is 2.86 bits per heavy atom. The minimum absolute atomic E-state index is 0.118. The summed E-state index contributed by atoms with van der Waals surface area (Å²) in [6.45, 7) is 5.76. The molecular weight excluding hydrogens is 282 g/mol. The number of aromatic amines is 1. The van der Waals surface area contributed by atoms with E-state index in [1.807, 2.05) is 11.8 Å². The summed E-state index contributed by atoms with van der Waals surface area (Å²) >= 11 is 0. The van der Waals surface area contributed by atoms with Crippen molar-refractivity contribution in [1.29, 1.82) is 0 Å². The van der Waals surface area contributed by atoms with Gasteiger partial charge in [0.05, 0.1) is 5.52 Å². The Kier molecular flexibility index (Phi) is 3.92. The molecule has 1 saturated heterocycles. The summed E-state index contributed by atoms with van der Waals surface area (Å²) in [6.07, 6.45) is 2.14. The Labute approximate surface area is 128 Å². The van der Waals surface area contributed by atoms with Crippen LogP contribution in [0.15, 0.2) is 27.4 Å². The largest absolute Gasteiger partial charge is 0.417 e. The third-order valence-electron chi connectivity index (χ3n) is 4.27. The number of H-pyrrole nitrogens is 1. The van der Waals surface area contributed by atoms with Crippen LogP contribution in [0.3, 0.4) is 0 Å². The lowest BCUT2D eigenvalue weighted by atomic mass is 9.99. The quantitative estimate of drug-likeness (QED) is 0.911. The Morgan fingerprint density at radius 1 is 1.41 bits per heavy atom. The summed E-state index contributed by atoms with van der Waals surface area (Å²) in [5.74, 6) is 0.346. The lowest BCUT2D eigenvalue weighted by Gasteiger charge is -2.32. The predicted molar refractivity (Wildman–Crippen MR) is 84.9 cm³/mol. The highest BCUT2D eigenvalue weighted by atomic mass is 16.4. The summed E-state index contributed by atoms with van der Waals surface area (Å²) in [7, 11) is 0. The van der Waals surface area contributed by atoms with E-state index in [2.05, 4.69) is 17.2 Å². The first-order valence-corrected chi connectivity index (χ1v) is 7.71. The fourth-order valence-corrected chi connectivity index (χ4v) is 2.86. The van der Waals surface area contributed by atoms with Crippen LogP contribution >= 0.6 is 0 Å². The van der Waals surface area contributed by atoms with Gasteiger partial charge in [-0.05, 0) is 43.9 Å². The lowest BCUT2D eigenvalue weighted by molar-refractivity contribution is -0.132. The van der Waals surface area contributed by atoms with Crippen LogP contribution in [0.5, 0.6) is 0 Å². The second kappa shape index (κ2) is 5.87. The number of amides is 1. The molecule has 0 unspecified atom stereocenters. The molecule has 1 aromatic heterocycles. The van der Waals surface area contributed by atoms with Gasteiger partial charge in [0, 0.05) is 18.8 Å². The van der Waals surface area contributed by atoms with Gasteiger partial charge >= 0.3 is 5.76 Å². The minimum Gasteiger partial charge on any atom is -0.408 e. The van der Waals surface area contributed by atoms with Gasteiger partial charge < -0.3 is 14.6 Å². The highest BCUT2D eigenvalue weighted by molar-refractivity contribution is 5.85. The maximum atomic E-state index is 12.5. The average Bonchev–Trinajstić information content (AvgIpc) is 2.86. The summed E-state index contributed by atoms with van der Waals surface area (Å²) < 4.78 is 4.97. The molecule has 0 aliphatic carbocycles. The normalized spacial score (nSPS) is 17.6. The fourth-order valence-electron chi connectivity index (χ4n) is 2.86. The van der Waals surface area contributed by atoms with Crippen LogP contribution in [0.2, 0.25) is 0 Å². The number of hydrogen-bond acceptors (Lipinski definition) is 4. The number of oxazole rings is 1. The first-order chi connectivity index (χ1) is 10.5. The highest BCUT2D eigenvalue weighted by Gasteiger charge is 2.24. The van der Waals surface area contributed by atoms with Crippen LogP contribution in [0.4, 0.5) is 5.69 Å². The van der Waals surface area contributed by atoms with E-state index in [-0.39, 0.29) is 11.9 Å². The second-order valence-corrected chi connectivity index (χ2v) is 6.10. The average molecular weight is 303 g/mol. The molecule has 1 aliphatic rings. The van der Waals surface area contributed by atoms with Gasteiger partial charge in [-0.15, -0.1) is 0 Å². The number of nitrogens with one attached hydrogen (secondary N) is 2. The first-order valence-electron chi connectivity index (χ1n) is 7.71. The Hall–Kier alpha value is -2.24. The van der Waals surface area contributed by atoms with Gasteiger partial charge in [-0.2, -0.15) is 0 Å². The van der Waals surface area contributed by atoms with Crippen molar-refractivity contribution in [2.75, 3.05) is 18.4 Å². The lowest BCUT2D eigenvalue weighted by Crippen LogP contribution is -2.45. The van der Waals surface area contributed by atoms with Crippen LogP contribution < -0.4 is 11.1 Å². The maximum absolute atomic E-state index is 12.5. The predicted octanol–water partition coefficient (Wildman–Crippen LogP) is 2.18. The van der Waals surface area contributed by atoms with Gasteiger partial charge in [0.25, 0.3) is 0 Å². The van der Waals surface area contributed by atoms with E-state index < -0.39 is 5.76 Å². The molecule has 1 amide bonds. The van der Waals surface area contributed by atoms with E-state index in [9.17, 15) is 9.59 Å². The van der Waals surface area contributed by atoms with Gasteiger partial charge in [0.1, 0.15) is 6.04 Å². The zero-order valence-electron chi connectivity index (χ0n) is 12.9. The Balaban J connectivity index is 1.67. The van der Waals surface area contributed by atoms with Gasteiger partial charge in [0.2, 0.25) is 5.91 Å². The molecule has 0 bridgehead atoms. The smallest absolute Gasteiger partial charge is 0.408 e. The number of aromatic nitrogens is 1. The van der Waals surface area contributed by atoms with Crippen molar-refractivity contribution < 1.29 is 9.21 Å². The third kappa shape index (κ3) is 3.00. The minimum atomic E-state index is -0.473. The number of carbonyl (C=O) groups is 1. The van der Waals surface area contributed by atoms with Crippen molar-refractivity contribution in [2.24, 2.45) is 5.92 Å². The van der Waals surface area contributed by atoms with Crippen molar-refractivity contribution >= 4 is 22.7 Å². The van der Waals surface area contributed by atoms with Crippen molar-refractivity contribution in [3.8, 4) is 0 Å². The fraction of sp³-hybridized carbons (Fsp3) is 0.500. The van der Waals surface area contributed by atoms with E-state index in [1.54, 1.807) is 18.2 Å². The molecule has 2 heterocycles. The molecule has 2 N–H and O–H groups in total. The number of nitrogens with zero attached hydrogens (tertiary/aromatic N) is 1. The summed E-state index contributed by atoms with van der Waals surface area (Å²) in [5.41, 5.74) is 1.93. The van der Waals surface area contributed by atoms with Gasteiger partial charge in [0.15, 0.2) is 5.58 Å². The van der Waals surface area contributed by atoms with Crippen LogP contribution in [0.25, 0.3) is 11.1 Å². The van der Waals surface area contributed by atoms with Gasteiger partial charge in [-0.1, -0.05) is 6.92 Å². The molecular formula is C16H21N3O3. The van der Waals surface area contributed by atoms with Crippen LogP contribution in [0.1, 0.15) is 26.7 Å². The van der Waals surface area contributed by atoms with E-state index in [1.165, 1.54) is 0 Å². The number of anilines is 1. The van der Waals surface area contributed by atoms with E-state index in [0.29, 0.717) is 17.0 Å². The summed E-state index contributed by atoms with van der Waals surface area (Å²) in [4.78, 5) is 28.2. The molecule has 2 aromatic rings. The summed E-state index contributed by atoms with van der Waals surface area (Å²) in [6, 6.07) is 5.00. The SMILES string of the molecule is CC1CCN(C(=O)[C@@H](C)Nc2ccc3oc(=O)[nH]c3c2)CC1. The number of likely N-dealkylation sites (tertiary alicyclic amines) is 1. The standard InChI is InChI=1S/C16H21N3O3/c1-10-5-7-19(8-6-10)15(20)11(2)17-12-3-4-14-13(9-12)18-16(21)22-14/h3-4,9-11,17H,5-8H2,1-2H3,(H,18,21)/t11-/m1/s1. The third-order valence-corrected chi connectivity index (χ3v) is 4.27. The van der Waals surface area contributed by atoms with E-state index >= 15 is 0 Å². The van der Waals surface area contributed by atoms with Crippen LogP contribution in [0, 0.1) is 5.92 Å². The van der Waals surface area contributed by atoms with Crippen molar-refractivity contribution in [2.45, 2.75) is 32.7 Å². The number of benzene rings is 1. The molecule has 118 valence electrons. The number of carbonyl (C=O) groups excluding carboxylic acids is 1. The number of piperidine rings is 1. The second-order valence-electron chi connectivity index (χ2n) is 6.10. The van der Waals surface area contributed by atoms with Gasteiger partial charge in [-0.25, -0.2) is 4.79 Å². The number of hydrogen-bond donors (Lipinski definition) is 2. The van der Waals surface area contributed by atoms with E-state index in [0.717, 1.165) is 31.6 Å². The van der Waals surface area contributed by atoms with Crippen LogP contribution in [-0.4, -0.2) is 34.9 Å². The zero-order chi connectivity index (χ0) is 15.7. The molecule has 22 heavy (non-hydrogen) atoms. The molecule has 6 nitrogen and oxygen atoms in total. The molecule has 6 heteroatoms. The number of fused-ring (bicyclic) bond motifs is 1. The monoisotopic (exact) mass is 303 g/mol. The first kappa shape index (κ1) is 14.7. The zero-order valence-corrected chi connectivity index (χ0v) is 12.9. The molecule has 3 rings (SSSR count).